The maximum Gasteiger partial charge on any atom is 0.122 e. The van der Waals surface area contributed by atoms with Gasteiger partial charge in [-0.1, -0.05) is 34.1 Å². The van der Waals surface area contributed by atoms with Crippen molar-refractivity contribution in [3.63, 3.8) is 0 Å². The second-order valence-corrected chi connectivity index (χ2v) is 5.47. The third-order valence-electron chi connectivity index (χ3n) is 2.97. The van der Waals surface area contributed by atoms with Gasteiger partial charge >= 0.3 is 0 Å². The maximum absolute atomic E-state index is 5.66. The molecule has 3 heteroatoms. The molecule has 2 nitrogen and oxygen atoms in total. The van der Waals surface area contributed by atoms with E-state index in [9.17, 15) is 0 Å². The van der Waals surface area contributed by atoms with Gasteiger partial charge in [-0.2, -0.15) is 0 Å². The van der Waals surface area contributed by atoms with E-state index in [4.69, 9.17) is 9.47 Å². The third kappa shape index (κ3) is 2.77. The van der Waals surface area contributed by atoms with Crippen molar-refractivity contribution in [3.8, 4) is 5.75 Å². The molecule has 0 aliphatic carbocycles. The fraction of sp³-hybridized carbons (Fsp3) is 0.538. The van der Waals surface area contributed by atoms with Crippen molar-refractivity contribution in [2.24, 2.45) is 0 Å². The molecule has 0 N–H and O–H groups in total. The highest BCUT2D eigenvalue weighted by molar-refractivity contribution is 9.09. The minimum Gasteiger partial charge on any atom is -0.493 e. The van der Waals surface area contributed by atoms with Gasteiger partial charge in [0.2, 0.25) is 0 Å². The fourth-order valence-electron chi connectivity index (χ4n) is 2.11. The maximum atomic E-state index is 5.66. The van der Waals surface area contributed by atoms with Crippen molar-refractivity contribution in [1.29, 1.82) is 0 Å². The van der Waals surface area contributed by atoms with Gasteiger partial charge in [-0.15, -0.1) is 0 Å². The molecular weight excluding hydrogens is 268 g/mol. The van der Waals surface area contributed by atoms with Gasteiger partial charge in [0.25, 0.3) is 0 Å². The van der Waals surface area contributed by atoms with Crippen molar-refractivity contribution in [1.82, 2.24) is 0 Å². The Kier molecular flexibility index (Phi) is 4.24. The molecule has 0 fully saturated rings. The Morgan fingerprint density at radius 1 is 1.50 bits per heavy atom. The molecule has 0 amide bonds. The Hall–Kier alpha value is -0.540. The van der Waals surface area contributed by atoms with Crippen LogP contribution in [0.5, 0.6) is 5.75 Å². The van der Waals surface area contributed by atoms with Gasteiger partial charge < -0.3 is 9.47 Å². The number of ether oxygens (including phenoxy) is 2. The summed E-state index contributed by atoms with van der Waals surface area (Å²) in [6, 6.07) is 8.34. The first-order chi connectivity index (χ1) is 7.81. The average Bonchev–Trinajstić information content (AvgIpc) is 2.70. The van der Waals surface area contributed by atoms with E-state index in [1.54, 1.807) is 7.11 Å². The van der Waals surface area contributed by atoms with Crippen molar-refractivity contribution in [3.05, 3.63) is 29.8 Å². The number of hydrogen-bond acceptors (Lipinski definition) is 2. The lowest BCUT2D eigenvalue weighted by atomic mass is 9.96. The number of benzene rings is 1. The number of para-hydroxylation sites is 1. The lowest BCUT2D eigenvalue weighted by Gasteiger charge is -2.12. The summed E-state index contributed by atoms with van der Waals surface area (Å²) in [5, 5.41) is 0. The molecule has 0 saturated heterocycles. The molecule has 0 radical (unpaired) electrons. The van der Waals surface area contributed by atoms with Crippen LogP contribution in [0.3, 0.4) is 0 Å². The highest BCUT2D eigenvalue weighted by Crippen LogP contribution is 2.36. The van der Waals surface area contributed by atoms with E-state index in [1.165, 1.54) is 5.56 Å². The van der Waals surface area contributed by atoms with Crippen LogP contribution in [0.4, 0.5) is 0 Å². The Bertz CT molecular complexity index is 340. The van der Waals surface area contributed by atoms with Crippen LogP contribution in [-0.2, 0) is 4.74 Å². The highest BCUT2D eigenvalue weighted by Gasteiger charge is 2.23. The first kappa shape index (κ1) is 11.9. The standard InChI is InChI=1S/C13H17BrO2/c1-15-9-11(14)7-6-10-8-16-13-5-3-2-4-12(10)13/h2-5,10-11H,6-9H2,1H3. The molecule has 0 bridgehead atoms. The van der Waals surface area contributed by atoms with E-state index < -0.39 is 0 Å². The Morgan fingerprint density at radius 2 is 2.31 bits per heavy atom. The van der Waals surface area contributed by atoms with Gasteiger partial charge in [0, 0.05) is 23.4 Å². The Labute approximate surface area is 105 Å². The summed E-state index contributed by atoms with van der Waals surface area (Å²) in [6.07, 6.45) is 2.27. The summed E-state index contributed by atoms with van der Waals surface area (Å²) < 4.78 is 10.8. The molecule has 2 atom stereocenters. The molecule has 16 heavy (non-hydrogen) atoms. The van der Waals surface area contributed by atoms with E-state index in [2.05, 4.69) is 34.1 Å². The topological polar surface area (TPSA) is 18.5 Å². The number of hydrogen-bond donors (Lipinski definition) is 0. The first-order valence-electron chi connectivity index (χ1n) is 5.66. The SMILES string of the molecule is COCC(Br)CCC1COc2ccccc21. The summed E-state index contributed by atoms with van der Waals surface area (Å²) in [4.78, 5) is 0.449. The lowest BCUT2D eigenvalue weighted by molar-refractivity contribution is 0.196. The van der Waals surface area contributed by atoms with E-state index in [0.717, 1.165) is 31.8 Å². The van der Waals surface area contributed by atoms with Gasteiger partial charge in [-0.05, 0) is 18.9 Å². The lowest BCUT2D eigenvalue weighted by Crippen LogP contribution is -2.09. The Balaban J connectivity index is 1.88. The molecule has 1 heterocycles. The van der Waals surface area contributed by atoms with Crippen LogP contribution in [0.15, 0.2) is 24.3 Å². The van der Waals surface area contributed by atoms with E-state index in [-0.39, 0.29) is 0 Å². The molecule has 0 spiro atoms. The zero-order valence-corrected chi connectivity index (χ0v) is 11.1. The number of rotatable bonds is 5. The van der Waals surface area contributed by atoms with Crippen LogP contribution in [0, 0.1) is 0 Å². The molecule has 1 aromatic rings. The van der Waals surface area contributed by atoms with E-state index in [0.29, 0.717) is 10.7 Å². The number of methoxy groups -OCH3 is 1. The molecule has 2 unspecified atom stereocenters. The minimum absolute atomic E-state index is 0.449. The molecule has 2 rings (SSSR count). The van der Waals surface area contributed by atoms with Gasteiger partial charge in [-0.25, -0.2) is 0 Å². The largest absolute Gasteiger partial charge is 0.493 e. The van der Waals surface area contributed by atoms with Crippen LogP contribution in [-0.4, -0.2) is 25.2 Å². The molecule has 0 aromatic heterocycles. The van der Waals surface area contributed by atoms with Crippen LogP contribution in [0.2, 0.25) is 0 Å². The fourth-order valence-corrected chi connectivity index (χ4v) is 2.64. The van der Waals surface area contributed by atoms with E-state index >= 15 is 0 Å². The zero-order chi connectivity index (χ0) is 11.4. The van der Waals surface area contributed by atoms with Gasteiger partial charge in [0.05, 0.1) is 13.2 Å². The smallest absolute Gasteiger partial charge is 0.122 e. The highest BCUT2D eigenvalue weighted by atomic mass is 79.9. The predicted octanol–water partition coefficient (Wildman–Crippen LogP) is 3.35. The first-order valence-corrected chi connectivity index (χ1v) is 6.57. The van der Waals surface area contributed by atoms with Crippen molar-refractivity contribution >= 4 is 15.9 Å². The molecular formula is C13H17BrO2. The van der Waals surface area contributed by atoms with Crippen LogP contribution >= 0.6 is 15.9 Å². The molecule has 1 aromatic carbocycles. The predicted molar refractivity (Wildman–Crippen MR) is 68.5 cm³/mol. The number of fused-ring (bicyclic) bond motifs is 1. The molecule has 1 aliphatic heterocycles. The molecule has 1 aliphatic rings. The molecule has 0 saturated carbocycles. The molecule has 88 valence electrons. The summed E-state index contributed by atoms with van der Waals surface area (Å²) >= 11 is 3.62. The summed E-state index contributed by atoms with van der Waals surface area (Å²) in [5.74, 6) is 1.61. The van der Waals surface area contributed by atoms with Crippen LogP contribution in [0.25, 0.3) is 0 Å². The average molecular weight is 285 g/mol. The summed E-state index contributed by atoms with van der Waals surface area (Å²) in [7, 11) is 1.74. The minimum atomic E-state index is 0.449. The summed E-state index contributed by atoms with van der Waals surface area (Å²) in [6.45, 7) is 1.60. The van der Waals surface area contributed by atoms with Gasteiger partial charge in [0.1, 0.15) is 5.75 Å². The van der Waals surface area contributed by atoms with Crippen LogP contribution in [0.1, 0.15) is 24.3 Å². The Morgan fingerprint density at radius 3 is 3.12 bits per heavy atom. The number of halogens is 1. The number of alkyl halides is 1. The van der Waals surface area contributed by atoms with Crippen molar-refractivity contribution in [2.75, 3.05) is 20.3 Å². The van der Waals surface area contributed by atoms with Crippen molar-refractivity contribution < 1.29 is 9.47 Å². The van der Waals surface area contributed by atoms with E-state index in [1.807, 2.05) is 6.07 Å². The normalized spacial score (nSPS) is 20.2. The van der Waals surface area contributed by atoms with Gasteiger partial charge in [0.15, 0.2) is 0 Å². The van der Waals surface area contributed by atoms with Crippen LogP contribution < -0.4 is 4.74 Å². The van der Waals surface area contributed by atoms with Gasteiger partial charge in [-0.3, -0.25) is 0 Å². The monoisotopic (exact) mass is 284 g/mol. The third-order valence-corrected chi connectivity index (χ3v) is 3.70. The second kappa shape index (κ2) is 5.69. The zero-order valence-electron chi connectivity index (χ0n) is 9.49. The summed E-state index contributed by atoms with van der Waals surface area (Å²) in [5.41, 5.74) is 1.36. The quantitative estimate of drug-likeness (QED) is 0.772. The second-order valence-electron chi connectivity index (χ2n) is 4.18. The van der Waals surface area contributed by atoms with Crippen molar-refractivity contribution in [2.45, 2.75) is 23.6 Å².